The second kappa shape index (κ2) is 9.99. The SMILES string of the molecule is CN(C(=O)CCCOc1ccc(Cl)cc1Cl)C1CCCCC1N1CCCC1. The number of likely N-dealkylation sites (tertiary alicyclic amines) is 1. The molecule has 1 saturated heterocycles. The molecule has 150 valence electrons. The molecule has 3 rings (SSSR count). The van der Waals surface area contributed by atoms with Crippen molar-refractivity contribution >= 4 is 29.1 Å². The molecule has 27 heavy (non-hydrogen) atoms. The highest BCUT2D eigenvalue weighted by atomic mass is 35.5. The number of carbonyl (C=O) groups excluding carboxylic acids is 1. The molecule has 1 aliphatic carbocycles. The molecule has 1 aromatic rings. The summed E-state index contributed by atoms with van der Waals surface area (Å²) in [5, 5.41) is 1.09. The molecule has 2 aliphatic rings. The topological polar surface area (TPSA) is 32.8 Å². The lowest BCUT2D eigenvalue weighted by Gasteiger charge is -2.42. The van der Waals surface area contributed by atoms with E-state index in [1.54, 1.807) is 18.2 Å². The number of carbonyl (C=O) groups is 1. The van der Waals surface area contributed by atoms with Crippen LogP contribution in [0.2, 0.25) is 10.0 Å². The summed E-state index contributed by atoms with van der Waals surface area (Å²) >= 11 is 12.0. The largest absolute Gasteiger partial charge is 0.492 e. The van der Waals surface area contributed by atoms with E-state index in [9.17, 15) is 4.79 Å². The van der Waals surface area contributed by atoms with Gasteiger partial charge >= 0.3 is 0 Å². The van der Waals surface area contributed by atoms with Crippen LogP contribution in [0.15, 0.2) is 18.2 Å². The van der Waals surface area contributed by atoms with Crippen LogP contribution >= 0.6 is 23.2 Å². The van der Waals surface area contributed by atoms with Crippen LogP contribution in [-0.2, 0) is 4.79 Å². The number of halogens is 2. The summed E-state index contributed by atoms with van der Waals surface area (Å²) in [5.41, 5.74) is 0. The van der Waals surface area contributed by atoms with E-state index in [1.807, 2.05) is 11.9 Å². The van der Waals surface area contributed by atoms with Gasteiger partial charge in [0.25, 0.3) is 0 Å². The van der Waals surface area contributed by atoms with Gasteiger partial charge in [0.1, 0.15) is 5.75 Å². The molecule has 0 bridgehead atoms. The maximum Gasteiger partial charge on any atom is 0.222 e. The highest BCUT2D eigenvalue weighted by Crippen LogP contribution is 2.30. The van der Waals surface area contributed by atoms with E-state index in [1.165, 1.54) is 45.2 Å². The number of likely N-dealkylation sites (N-methyl/N-ethyl adjacent to an activating group) is 1. The number of nitrogens with zero attached hydrogens (tertiary/aromatic N) is 2. The van der Waals surface area contributed by atoms with Crippen molar-refractivity contribution in [2.24, 2.45) is 0 Å². The number of benzene rings is 1. The maximum absolute atomic E-state index is 12.7. The molecule has 1 aromatic carbocycles. The lowest BCUT2D eigenvalue weighted by molar-refractivity contribution is -0.134. The van der Waals surface area contributed by atoms with Crippen molar-refractivity contribution in [1.82, 2.24) is 9.80 Å². The first-order valence-corrected chi connectivity index (χ1v) is 10.9. The molecule has 6 heteroatoms. The molecule has 1 saturated carbocycles. The van der Waals surface area contributed by atoms with Gasteiger partial charge in [0, 0.05) is 30.6 Å². The molecule has 0 aromatic heterocycles. The van der Waals surface area contributed by atoms with Crippen molar-refractivity contribution in [3.63, 3.8) is 0 Å². The van der Waals surface area contributed by atoms with Crippen LogP contribution in [0.25, 0.3) is 0 Å². The number of amides is 1. The van der Waals surface area contributed by atoms with E-state index in [-0.39, 0.29) is 5.91 Å². The molecule has 2 atom stereocenters. The quantitative estimate of drug-likeness (QED) is 0.589. The van der Waals surface area contributed by atoms with E-state index in [4.69, 9.17) is 27.9 Å². The van der Waals surface area contributed by atoms with Gasteiger partial charge < -0.3 is 9.64 Å². The smallest absolute Gasteiger partial charge is 0.222 e. The minimum atomic E-state index is 0.219. The minimum absolute atomic E-state index is 0.219. The van der Waals surface area contributed by atoms with E-state index in [0.29, 0.717) is 47.3 Å². The Morgan fingerprint density at radius 3 is 2.67 bits per heavy atom. The van der Waals surface area contributed by atoms with Crippen LogP contribution in [-0.4, -0.2) is 54.5 Å². The van der Waals surface area contributed by atoms with Gasteiger partial charge in [0.15, 0.2) is 0 Å². The molecule has 2 fully saturated rings. The lowest BCUT2D eigenvalue weighted by atomic mass is 9.88. The Bertz CT molecular complexity index is 635. The minimum Gasteiger partial charge on any atom is -0.492 e. The van der Waals surface area contributed by atoms with Crippen LogP contribution in [0.1, 0.15) is 51.4 Å². The first-order chi connectivity index (χ1) is 13.1. The Hall–Kier alpha value is -0.970. The summed E-state index contributed by atoms with van der Waals surface area (Å²) in [7, 11) is 1.98. The van der Waals surface area contributed by atoms with Gasteiger partial charge in [-0.05, 0) is 63.4 Å². The molecule has 4 nitrogen and oxygen atoms in total. The number of hydrogen-bond acceptors (Lipinski definition) is 3. The summed E-state index contributed by atoms with van der Waals surface area (Å²) in [6.07, 6.45) is 8.64. The molecule has 1 aliphatic heterocycles. The van der Waals surface area contributed by atoms with Gasteiger partial charge in [-0.3, -0.25) is 9.69 Å². The first-order valence-electron chi connectivity index (χ1n) is 10.1. The molecule has 0 N–H and O–H groups in total. The van der Waals surface area contributed by atoms with Crippen molar-refractivity contribution < 1.29 is 9.53 Å². The van der Waals surface area contributed by atoms with Gasteiger partial charge in [-0.2, -0.15) is 0 Å². The Kier molecular flexibility index (Phi) is 7.68. The van der Waals surface area contributed by atoms with Crippen LogP contribution in [0.4, 0.5) is 0 Å². The van der Waals surface area contributed by atoms with Gasteiger partial charge in [0.05, 0.1) is 11.6 Å². The molecular weight excluding hydrogens is 383 g/mol. The fraction of sp³-hybridized carbons (Fsp3) is 0.667. The van der Waals surface area contributed by atoms with E-state index >= 15 is 0 Å². The average Bonchev–Trinajstić information content (AvgIpc) is 3.20. The first kappa shape index (κ1) is 20.8. The Balaban J connectivity index is 1.46. The van der Waals surface area contributed by atoms with Gasteiger partial charge in [-0.15, -0.1) is 0 Å². The second-order valence-corrected chi connectivity index (χ2v) is 8.54. The molecule has 0 radical (unpaired) electrons. The zero-order chi connectivity index (χ0) is 19.2. The van der Waals surface area contributed by atoms with Crippen molar-refractivity contribution in [3.05, 3.63) is 28.2 Å². The van der Waals surface area contributed by atoms with Crippen LogP contribution < -0.4 is 4.74 Å². The normalized spacial score (nSPS) is 23.4. The van der Waals surface area contributed by atoms with Crippen molar-refractivity contribution in [2.75, 3.05) is 26.7 Å². The number of rotatable bonds is 7. The Morgan fingerprint density at radius 2 is 1.93 bits per heavy atom. The highest BCUT2D eigenvalue weighted by Gasteiger charge is 2.35. The fourth-order valence-electron chi connectivity index (χ4n) is 4.40. The fourth-order valence-corrected chi connectivity index (χ4v) is 4.86. The second-order valence-electron chi connectivity index (χ2n) is 7.69. The molecule has 1 amide bonds. The predicted octanol–water partition coefficient (Wildman–Crippen LogP) is 5.02. The van der Waals surface area contributed by atoms with E-state index < -0.39 is 0 Å². The average molecular weight is 413 g/mol. The van der Waals surface area contributed by atoms with Crippen LogP contribution in [0.3, 0.4) is 0 Å². The van der Waals surface area contributed by atoms with Crippen molar-refractivity contribution in [3.8, 4) is 5.75 Å². The number of ether oxygens (including phenoxy) is 1. The lowest BCUT2D eigenvalue weighted by Crippen LogP contribution is -2.53. The van der Waals surface area contributed by atoms with Crippen molar-refractivity contribution in [1.29, 1.82) is 0 Å². The summed E-state index contributed by atoms with van der Waals surface area (Å²) in [4.78, 5) is 17.4. The van der Waals surface area contributed by atoms with Crippen LogP contribution in [0, 0.1) is 0 Å². The summed E-state index contributed by atoms with van der Waals surface area (Å²) in [6, 6.07) is 6.08. The molecule has 2 unspecified atom stereocenters. The zero-order valence-corrected chi connectivity index (χ0v) is 17.6. The van der Waals surface area contributed by atoms with Gasteiger partial charge in [-0.1, -0.05) is 36.0 Å². The van der Waals surface area contributed by atoms with Gasteiger partial charge in [-0.25, -0.2) is 0 Å². The Morgan fingerprint density at radius 1 is 1.19 bits per heavy atom. The summed E-state index contributed by atoms with van der Waals surface area (Å²) in [5.74, 6) is 0.833. The number of hydrogen-bond donors (Lipinski definition) is 0. The molecule has 0 spiro atoms. The summed E-state index contributed by atoms with van der Waals surface area (Å²) < 4.78 is 5.70. The predicted molar refractivity (Wildman–Crippen MR) is 111 cm³/mol. The maximum atomic E-state index is 12.7. The standard InChI is InChI=1S/C21H30Cl2N2O2/c1-24(18-7-2-3-8-19(18)25-12-4-5-13-25)21(26)9-6-14-27-20-11-10-16(22)15-17(20)23/h10-11,15,18-19H,2-9,12-14H2,1H3. The third-order valence-corrected chi connectivity index (χ3v) is 6.41. The Labute approximate surface area is 172 Å². The van der Waals surface area contributed by atoms with Gasteiger partial charge in [0.2, 0.25) is 5.91 Å². The molecule has 1 heterocycles. The van der Waals surface area contributed by atoms with E-state index in [2.05, 4.69) is 4.90 Å². The molecular formula is C21H30Cl2N2O2. The monoisotopic (exact) mass is 412 g/mol. The van der Waals surface area contributed by atoms with E-state index in [0.717, 1.165) is 6.42 Å². The van der Waals surface area contributed by atoms with Crippen molar-refractivity contribution in [2.45, 2.75) is 63.5 Å². The third kappa shape index (κ3) is 5.52. The van der Waals surface area contributed by atoms with Crippen LogP contribution in [0.5, 0.6) is 5.75 Å². The highest BCUT2D eigenvalue weighted by molar-refractivity contribution is 6.35. The third-order valence-electron chi connectivity index (χ3n) is 5.88. The zero-order valence-electron chi connectivity index (χ0n) is 16.1. The summed E-state index contributed by atoms with van der Waals surface area (Å²) in [6.45, 7) is 2.86.